The standard InChI is InChI=1S/C31H54Br2/c1-5-7-9-11-13-15-24-31(4,25-16-14-12-10-8-6-2)27(3)26-30(33)19-17-18-28-20-22-29(32)23-21-28/h17,19-20,22,26-29H,5-16,18,21,23-25H2,1-4H3/b19-17-,30-26+/t27-,28?,29?/m0/s1. The van der Waals surface area contributed by atoms with E-state index >= 15 is 0 Å². The molecule has 0 N–H and O–H groups in total. The Morgan fingerprint density at radius 1 is 0.879 bits per heavy atom. The zero-order valence-electron chi connectivity index (χ0n) is 22.4. The second-order valence-electron chi connectivity index (χ2n) is 10.9. The molecule has 1 rings (SSSR count). The summed E-state index contributed by atoms with van der Waals surface area (Å²) < 4.78 is 1.27. The van der Waals surface area contributed by atoms with Crippen molar-refractivity contribution >= 4 is 31.9 Å². The fourth-order valence-corrected chi connectivity index (χ4v) is 6.11. The van der Waals surface area contributed by atoms with E-state index in [0.717, 1.165) is 6.42 Å². The Hall–Kier alpha value is 0.180. The highest BCUT2D eigenvalue weighted by Gasteiger charge is 2.29. The molecule has 0 aromatic heterocycles. The number of halogens is 2. The second-order valence-corrected chi connectivity index (χ2v) is 13.0. The average molecular weight is 587 g/mol. The predicted octanol–water partition coefficient (Wildman–Crippen LogP) is 12.1. The molecule has 0 heterocycles. The van der Waals surface area contributed by atoms with Crippen LogP contribution in [0.4, 0.5) is 0 Å². The number of unbranched alkanes of at least 4 members (excludes halogenated alkanes) is 10. The lowest BCUT2D eigenvalue weighted by atomic mass is 9.70. The van der Waals surface area contributed by atoms with Crippen molar-refractivity contribution in [2.24, 2.45) is 17.3 Å². The third-order valence-corrected chi connectivity index (χ3v) is 9.12. The van der Waals surface area contributed by atoms with Gasteiger partial charge in [0.25, 0.3) is 0 Å². The van der Waals surface area contributed by atoms with Crippen molar-refractivity contribution in [3.8, 4) is 0 Å². The molecule has 0 amide bonds. The molecule has 2 heteroatoms. The van der Waals surface area contributed by atoms with E-state index in [9.17, 15) is 0 Å². The van der Waals surface area contributed by atoms with E-state index < -0.39 is 0 Å². The van der Waals surface area contributed by atoms with Crippen molar-refractivity contribution in [1.82, 2.24) is 0 Å². The van der Waals surface area contributed by atoms with Crippen molar-refractivity contribution in [2.45, 2.75) is 142 Å². The summed E-state index contributed by atoms with van der Waals surface area (Å²) in [7, 11) is 0. The summed E-state index contributed by atoms with van der Waals surface area (Å²) >= 11 is 7.57. The van der Waals surface area contributed by atoms with Crippen LogP contribution in [-0.2, 0) is 0 Å². The fraction of sp³-hybridized carbons (Fsp3) is 0.806. The summed E-state index contributed by atoms with van der Waals surface area (Å²) in [6, 6.07) is 0. The van der Waals surface area contributed by atoms with Gasteiger partial charge in [0.2, 0.25) is 0 Å². The number of allylic oxidation sites excluding steroid dienone is 6. The molecule has 0 fully saturated rings. The molecule has 192 valence electrons. The minimum absolute atomic E-state index is 0.416. The van der Waals surface area contributed by atoms with Crippen LogP contribution in [0.2, 0.25) is 0 Å². The van der Waals surface area contributed by atoms with E-state index in [1.807, 2.05) is 0 Å². The second kappa shape index (κ2) is 19.4. The molecule has 3 atom stereocenters. The van der Waals surface area contributed by atoms with Crippen LogP contribution in [0.3, 0.4) is 0 Å². The third kappa shape index (κ3) is 15.0. The van der Waals surface area contributed by atoms with Gasteiger partial charge in [0.15, 0.2) is 0 Å². The molecule has 33 heavy (non-hydrogen) atoms. The highest BCUT2D eigenvalue weighted by molar-refractivity contribution is 9.11. The van der Waals surface area contributed by atoms with E-state index in [2.05, 4.69) is 89.9 Å². The van der Waals surface area contributed by atoms with Gasteiger partial charge in [-0.2, -0.15) is 0 Å². The third-order valence-electron chi connectivity index (χ3n) is 7.83. The first-order valence-corrected chi connectivity index (χ1v) is 16.0. The Balaban J connectivity index is 2.59. The maximum atomic E-state index is 3.87. The van der Waals surface area contributed by atoms with E-state index in [-0.39, 0.29) is 0 Å². The number of rotatable bonds is 19. The fourth-order valence-electron chi connectivity index (χ4n) is 5.09. The van der Waals surface area contributed by atoms with Gasteiger partial charge in [-0.25, -0.2) is 0 Å². The molecule has 2 unspecified atom stereocenters. The molecule has 0 spiro atoms. The lowest BCUT2D eigenvalue weighted by Gasteiger charge is -2.35. The first kappa shape index (κ1) is 31.2. The minimum Gasteiger partial charge on any atom is -0.0845 e. The van der Waals surface area contributed by atoms with Crippen LogP contribution < -0.4 is 0 Å². The first-order chi connectivity index (χ1) is 15.9. The topological polar surface area (TPSA) is 0 Å². The molecule has 0 aromatic rings. The Bertz CT molecular complexity index is 543. The lowest BCUT2D eigenvalue weighted by molar-refractivity contribution is 0.188. The van der Waals surface area contributed by atoms with Gasteiger partial charge in [-0.1, -0.05) is 167 Å². The van der Waals surface area contributed by atoms with Gasteiger partial charge in [0.1, 0.15) is 0 Å². The van der Waals surface area contributed by atoms with Gasteiger partial charge in [0.05, 0.1) is 0 Å². The molecule has 1 aliphatic rings. The maximum Gasteiger partial charge on any atom is 0.0325 e. The molecule has 0 bridgehead atoms. The number of alkyl halides is 1. The first-order valence-electron chi connectivity index (χ1n) is 14.3. The van der Waals surface area contributed by atoms with Gasteiger partial charge in [-0.15, -0.1) is 0 Å². The van der Waals surface area contributed by atoms with Gasteiger partial charge >= 0.3 is 0 Å². The van der Waals surface area contributed by atoms with E-state index in [0.29, 0.717) is 22.1 Å². The SMILES string of the molecule is CCCCCCCCC(C)(CCCCCCCC)[C@@H](C)/C=C(Br)\C=C/CC1C=CC(Br)CC1. The van der Waals surface area contributed by atoms with Crippen LogP contribution in [0.1, 0.15) is 137 Å². The normalized spacial score (nSPS) is 20.6. The van der Waals surface area contributed by atoms with Crippen LogP contribution in [0.15, 0.2) is 34.9 Å². The Labute approximate surface area is 224 Å². The molecular formula is C31H54Br2. The molecule has 0 saturated carbocycles. The number of hydrogen-bond donors (Lipinski definition) is 0. The van der Waals surface area contributed by atoms with Crippen LogP contribution in [0.25, 0.3) is 0 Å². The summed E-state index contributed by atoms with van der Waals surface area (Å²) in [6.07, 6.45) is 35.1. The molecule has 1 aliphatic carbocycles. The van der Waals surface area contributed by atoms with Gasteiger partial charge in [-0.3, -0.25) is 0 Å². The van der Waals surface area contributed by atoms with Gasteiger partial charge in [0, 0.05) is 9.31 Å². The Kier molecular flexibility index (Phi) is 18.3. The zero-order chi connectivity index (χ0) is 24.4. The van der Waals surface area contributed by atoms with Crippen molar-refractivity contribution < 1.29 is 0 Å². The van der Waals surface area contributed by atoms with E-state index in [4.69, 9.17) is 0 Å². The summed E-state index contributed by atoms with van der Waals surface area (Å²) in [5.41, 5.74) is 0.416. The van der Waals surface area contributed by atoms with E-state index in [1.54, 1.807) is 0 Å². The van der Waals surface area contributed by atoms with Gasteiger partial charge in [-0.05, 0) is 49.4 Å². The molecule has 0 aromatic carbocycles. The maximum absolute atomic E-state index is 3.87. The Morgan fingerprint density at radius 3 is 1.94 bits per heavy atom. The van der Waals surface area contributed by atoms with Crippen LogP contribution >= 0.6 is 31.9 Å². The molecular weight excluding hydrogens is 532 g/mol. The van der Waals surface area contributed by atoms with Crippen LogP contribution in [0, 0.1) is 17.3 Å². The summed E-state index contributed by atoms with van der Waals surface area (Å²) in [6.45, 7) is 9.65. The zero-order valence-corrected chi connectivity index (χ0v) is 25.6. The average Bonchev–Trinajstić information content (AvgIpc) is 2.79. The number of hydrogen-bond acceptors (Lipinski definition) is 0. The Morgan fingerprint density at radius 2 is 1.42 bits per heavy atom. The van der Waals surface area contributed by atoms with Crippen molar-refractivity contribution in [3.63, 3.8) is 0 Å². The highest BCUT2D eigenvalue weighted by Crippen LogP contribution is 2.40. The van der Waals surface area contributed by atoms with Crippen molar-refractivity contribution in [2.75, 3.05) is 0 Å². The van der Waals surface area contributed by atoms with Gasteiger partial charge < -0.3 is 0 Å². The van der Waals surface area contributed by atoms with Crippen molar-refractivity contribution in [1.29, 1.82) is 0 Å². The predicted molar refractivity (Wildman–Crippen MR) is 159 cm³/mol. The van der Waals surface area contributed by atoms with Crippen LogP contribution in [-0.4, -0.2) is 4.83 Å². The minimum atomic E-state index is 0.416. The van der Waals surface area contributed by atoms with E-state index in [1.165, 1.54) is 107 Å². The molecule has 0 radical (unpaired) electrons. The molecule has 0 aliphatic heterocycles. The smallest absolute Gasteiger partial charge is 0.0325 e. The largest absolute Gasteiger partial charge is 0.0845 e. The van der Waals surface area contributed by atoms with Crippen LogP contribution in [0.5, 0.6) is 0 Å². The molecule has 0 saturated heterocycles. The summed E-state index contributed by atoms with van der Waals surface area (Å²) in [5, 5.41) is 0. The summed E-state index contributed by atoms with van der Waals surface area (Å²) in [4.78, 5) is 0.584. The highest BCUT2D eigenvalue weighted by atomic mass is 79.9. The van der Waals surface area contributed by atoms with Crippen molar-refractivity contribution in [3.05, 3.63) is 34.9 Å². The quantitative estimate of drug-likeness (QED) is 0.0611. The summed E-state index contributed by atoms with van der Waals surface area (Å²) in [5.74, 6) is 1.31. The monoisotopic (exact) mass is 584 g/mol. The molecule has 0 nitrogen and oxygen atoms in total. The lowest BCUT2D eigenvalue weighted by Crippen LogP contribution is -2.24.